The van der Waals surface area contributed by atoms with Crippen molar-refractivity contribution in [2.24, 2.45) is 0 Å². The lowest BCUT2D eigenvalue weighted by Gasteiger charge is -2.29. The van der Waals surface area contributed by atoms with Crippen molar-refractivity contribution in [2.75, 3.05) is 13.7 Å². The molecular weight excluding hydrogens is 164 g/mol. The molecule has 1 heterocycles. The van der Waals surface area contributed by atoms with E-state index in [0.717, 1.165) is 6.61 Å². The van der Waals surface area contributed by atoms with Gasteiger partial charge in [0.05, 0.1) is 6.61 Å². The first kappa shape index (κ1) is 9.76. The second kappa shape index (κ2) is 4.06. The van der Waals surface area contributed by atoms with Crippen molar-refractivity contribution >= 4 is 0 Å². The van der Waals surface area contributed by atoms with Crippen LogP contribution in [0.5, 0.6) is 0 Å². The Balaban J connectivity index is 2.58. The Bertz CT molecular complexity index is 138. The average Bonchev–Trinajstić information content (AvgIpc) is 2.09. The third kappa shape index (κ3) is 1.70. The van der Waals surface area contributed by atoms with Gasteiger partial charge in [0.2, 0.25) is 0 Å². The van der Waals surface area contributed by atoms with Gasteiger partial charge in [-0.15, -0.1) is 0 Å². The van der Waals surface area contributed by atoms with Crippen molar-refractivity contribution in [3.8, 4) is 0 Å². The molecule has 2 unspecified atom stereocenters. The summed E-state index contributed by atoms with van der Waals surface area (Å²) in [6, 6.07) is 0. The molecule has 0 bridgehead atoms. The summed E-state index contributed by atoms with van der Waals surface area (Å²) in [5, 5.41) is 27.2. The third-order valence-electron chi connectivity index (χ3n) is 1.90. The largest absolute Gasteiger partial charge is 0.393 e. The molecular formula is C7H13O5+. The van der Waals surface area contributed by atoms with Crippen LogP contribution in [-0.4, -0.2) is 53.5 Å². The van der Waals surface area contributed by atoms with Gasteiger partial charge in [0.1, 0.15) is 6.10 Å². The Morgan fingerprint density at radius 3 is 2.67 bits per heavy atom. The van der Waals surface area contributed by atoms with Gasteiger partial charge in [0, 0.05) is 7.11 Å². The Hall–Kier alpha value is -0.330. The van der Waals surface area contributed by atoms with Crippen LogP contribution < -0.4 is 0 Å². The summed E-state index contributed by atoms with van der Waals surface area (Å²) >= 11 is 0. The number of rotatable bonds is 2. The highest BCUT2D eigenvalue weighted by Crippen LogP contribution is 2.19. The lowest BCUT2D eigenvalue weighted by molar-refractivity contribution is -0.180. The molecule has 0 aromatic rings. The summed E-state index contributed by atoms with van der Waals surface area (Å²) in [6.07, 6.45) is -3.39. The number of methoxy groups -OCH3 is 1. The van der Waals surface area contributed by atoms with Crippen LogP contribution in [-0.2, 0) is 9.47 Å². The molecule has 1 aliphatic rings. The number of aliphatic hydroxyl groups is 3. The first-order valence-corrected chi connectivity index (χ1v) is 3.69. The fraction of sp³-hybridized carbons (Fsp3) is 0.857. The third-order valence-corrected chi connectivity index (χ3v) is 1.90. The van der Waals surface area contributed by atoms with Crippen molar-refractivity contribution in [2.45, 2.75) is 24.4 Å². The zero-order valence-electron chi connectivity index (χ0n) is 6.75. The maximum Gasteiger partial charge on any atom is 0.261 e. The monoisotopic (exact) mass is 177 g/mol. The number of aliphatic hydroxyl groups excluding tert-OH is 3. The minimum absolute atomic E-state index is 0.251. The molecule has 1 fully saturated rings. The van der Waals surface area contributed by atoms with Gasteiger partial charge in [-0.05, 0) is 0 Å². The molecule has 0 spiro atoms. The molecule has 0 aromatic carbocycles. The number of hydrogen-bond acceptors (Lipinski definition) is 5. The lowest BCUT2D eigenvalue weighted by atomic mass is 10.0. The zero-order valence-corrected chi connectivity index (χ0v) is 6.75. The fourth-order valence-corrected chi connectivity index (χ4v) is 1.19. The zero-order chi connectivity index (χ0) is 9.14. The minimum Gasteiger partial charge on any atom is -0.393 e. The molecule has 1 saturated heterocycles. The van der Waals surface area contributed by atoms with Crippen molar-refractivity contribution in [3.05, 3.63) is 6.61 Å². The van der Waals surface area contributed by atoms with E-state index in [9.17, 15) is 5.11 Å². The van der Waals surface area contributed by atoms with Crippen molar-refractivity contribution in [1.82, 2.24) is 0 Å². The predicted molar refractivity (Wildman–Crippen MR) is 39.1 cm³/mol. The summed E-state index contributed by atoms with van der Waals surface area (Å²) in [5.74, 6) is 0. The van der Waals surface area contributed by atoms with Crippen LogP contribution in [0.25, 0.3) is 0 Å². The van der Waals surface area contributed by atoms with E-state index < -0.39 is 24.4 Å². The molecule has 5 heteroatoms. The summed E-state index contributed by atoms with van der Waals surface area (Å²) in [6.45, 7) is 0.847. The molecule has 0 amide bonds. The number of ether oxygens (including phenoxy) is 2. The molecule has 1 rings (SSSR count). The summed E-state index contributed by atoms with van der Waals surface area (Å²) in [7, 11) is 1.39. The Labute approximate surface area is 70.5 Å². The van der Waals surface area contributed by atoms with Crippen LogP contribution in [0.2, 0.25) is 0 Å². The summed E-state index contributed by atoms with van der Waals surface area (Å²) in [5.41, 5.74) is 0. The van der Waals surface area contributed by atoms with E-state index in [2.05, 4.69) is 0 Å². The minimum atomic E-state index is -1.06. The van der Waals surface area contributed by atoms with Gasteiger partial charge in [-0.2, -0.15) is 4.74 Å². The molecule has 1 aliphatic heterocycles. The van der Waals surface area contributed by atoms with E-state index in [1.165, 1.54) is 7.11 Å². The fourth-order valence-electron chi connectivity index (χ4n) is 1.19. The van der Waals surface area contributed by atoms with Crippen LogP contribution in [0.1, 0.15) is 0 Å². The first-order chi connectivity index (χ1) is 5.70. The summed E-state index contributed by atoms with van der Waals surface area (Å²) < 4.78 is 9.77. The van der Waals surface area contributed by atoms with Crippen molar-refractivity contribution < 1.29 is 24.8 Å². The molecule has 0 saturated carbocycles. The maximum absolute atomic E-state index is 9.34. The van der Waals surface area contributed by atoms with Crippen LogP contribution in [0.15, 0.2) is 0 Å². The van der Waals surface area contributed by atoms with Gasteiger partial charge in [-0.1, -0.05) is 0 Å². The van der Waals surface area contributed by atoms with Crippen molar-refractivity contribution in [1.29, 1.82) is 0 Å². The molecule has 12 heavy (non-hydrogen) atoms. The smallest absolute Gasteiger partial charge is 0.261 e. The summed E-state index contributed by atoms with van der Waals surface area (Å²) in [4.78, 5) is 0. The molecule has 0 aromatic heterocycles. The van der Waals surface area contributed by atoms with Gasteiger partial charge in [0.15, 0.2) is 12.2 Å². The predicted octanol–water partition coefficient (Wildman–Crippen LogP) is -1.72. The molecule has 4 atom stereocenters. The molecule has 70 valence electrons. The Morgan fingerprint density at radius 2 is 2.17 bits per heavy atom. The number of hydrogen-bond donors (Lipinski definition) is 3. The van der Waals surface area contributed by atoms with Crippen molar-refractivity contribution in [3.63, 3.8) is 0 Å². The van der Waals surface area contributed by atoms with E-state index >= 15 is 0 Å². The van der Waals surface area contributed by atoms with E-state index in [-0.39, 0.29) is 6.61 Å². The maximum atomic E-state index is 9.34. The highest BCUT2D eigenvalue weighted by Gasteiger charge is 2.45. The second-order valence-corrected chi connectivity index (χ2v) is 2.67. The van der Waals surface area contributed by atoms with Crippen LogP contribution in [0, 0.1) is 6.61 Å². The quantitative estimate of drug-likeness (QED) is 0.437. The molecule has 0 radical (unpaired) electrons. The van der Waals surface area contributed by atoms with E-state index in [1.54, 1.807) is 0 Å². The molecule has 5 nitrogen and oxygen atoms in total. The van der Waals surface area contributed by atoms with Gasteiger partial charge < -0.3 is 20.1 Å². The normalized spacial score (nSPS) is 42.3. The van der Waals surface area contributed by atoms with Gasteiger partial charge in [0.25, 0.3) is 12.7 Å². The van der Waals surface area contributed by atoms with Gasteiger partial charge >= 0.3 is 0 Å². The molecule has 0 aliphatic carbocycles. The Morgan fingerprint density at radius 1 is 1.50 bits per heavy atom. The van der Waals surface area contributed by atoms with E-state index in [4.69, 9.17) is 19.7 Å². The molecule has 3 N–H and O–H groups in total. The SMILES string of the molecule is CO[C@H]1C(O)C(O)[CH+]O[C@H]1CO. The van der Waals surface area contributed by atoms with Crippen LogP contribution in [0.3, 0.4) is 0 Å². The standard InChI is InChI=1S/C7H13O5/c1-11-7-5(2-8)12-3-4(9)6(7)10/h3-10H,2H2,1H3/q+1/t4?,5-,6?,7+/m0/s1. The lowest BCUT2D eigenvalue weighted by Crippen LogP contribution is -2.53. The van der Waals surface area contributed by atoms with Gasteiger partial charge in [-0.3, -0.25) is 0 Å². The van der Waals surface area contributed by atoms with E-state index in [1.807, 2.05) is 0 Å². The van der Waals surface area contributed by atoms with Crippen LogP contribution in [0.4, 0.5) is 0 Å². The topological polar surface area (TPSA) is 79.2 Å². The highest BCUT2D eigenvalue weighted by atomic mass is 16.6. The Kier molecular flexibility index (Phi) is 3.30. The first-order valence-electron chi connectivity index (χ1n) is 3.69. The van der Waals surface area contributed by atoms with Crippen LogP contribution >= 0.6 is 0 Å². The second-order valence-electron chi connectivity index (χ2n) is 2.67. The average molecular weight is 177 g/mol. The van der Waals surface area contributed by atoms with Gasteiger partial charge in [-0.25, -0.2) is 0 Å². The van der Waals surface area contributed by atoms with E-state index in [0.29, 0.717) is 0 Å². The highest BCUT2D eigenvalue weighted by molar-refractivity contribution is 4.92.